The highest BCUT2D eigenvalue weighted by atomic mass is 127. The van der Waals surface area contributed by atoms with Gasteiger partial charge in [0.25, 0.3) is 0 Å². The second-order valence-electron chi connectivity index (χ2n) is 5.46. The second kappa shape index (κ2) is 7.15. The topological polar surface area (TPSA) is 59.6 Å². The molecule has 1 fully saturated rings. The maximum atomic E-state index is 5.87. The number of guanidine groups is 1. The lowest BCUT2D eigenvalue weighted by molar-refractivity contribution is 0.235. The maximum Gasteiger partial charge on any atom is 0.188 e. The summed E-state index contributed by atoms with van der Waals surface area (Å²) in [7, 11) is 0. The Balaban J connectivity index is 0.00000147. The van der Waals surface area contributed by atoms with Gasteiger partial charge in [-0.1, -0.05) is 24.6 Å². The molecule has 4 nitrogen and oxygen atoms in total. The van der Waals surface area contributed by atoms with E-state index < -0.39 is 0 Å². The third-order valence-corrected chi connectivity index (χ3v) is 3.97. The molecule has 0 spiro atoms. The van der Waals surface area contributed by atoms with E-state index in [1.807, 2.05) is 18.2 Å². The molecule has 3 N–H and O–H groups in total. The van der Waals surface area contributed by atoms with Gasteiger partial charge in [0.15, 0.2) is 5.96 Å². The Hall–Kier alpha value is -0.980. The van der Waals surface area contributed by atoms with E-state index in [0.717, 1.165) is 24.6 Å². The molecule has 1 aliphatic heterocycles. The first kappa shape index (κ1) is 15.4. The number of aliphatic imine (C=N–C) groups is 1. The number of fused-ring (bicyclic) bond motifs is 1. The summed E-state index contributed by atoms with van der Waals surface area (Å²) in [6.07, 6.45) is 5.06. The Morgan fingerprint density at radius 3 is 2.85 bits per heavy atom. The first-order valence-electron chi connectivity index (χ1n) is 7.09. The molecule has 1 aromatic rings. The zero-order valence-corrected chi connectivity index (χ0v) is 13.9. The number of hydrogen-bond donors (Lipinski definition) is 2. The van der Waals surface area contributed by atoms with Crippen LogP contribution in [0.1, 0.15) is 24.8 Å². The Morgan fingerprint density at radius 2 is 2.15 bits per heavy atom. The van der Waals surface area contributed by atoms with Crippen molar-refractivity contribution in [1.82, 2.24) is 5.32 Å². The SMILES string of the molecule is I.NC(=NCC1CCC1)NCC1Cc2ccccc2O1. The second-order valence-corrected chi connectivity index (χ2v) is 5.46. The highest BCUT2D eigenvalue weighted by molar-refractivity contribution is 14.0. The van der Waals surface area contributed by atoms with Crippen LogP contribution in [0.5, 0.6) is 5.75 Å². The van der Waals surface area contributed by atoms with Gasteiger partial charge < -0.3 is 15.8 Å². The van der Waals surface area contributed by atoms with E-state index >= 15 is 0 Å². The number of nitrogens with zero attached hydrogens (tertiary/aromatic N) is 1. The van der Waals surface area contributed by atoms with Gasteiger partial charge in [-0.25, -0.2) is 0 Å². The molecule has 2 aliphatic rings. The largest absolute Gasteiger partial charge is 0.488 e. The van der Waals surface area contributed by atoms with Gasteiger partial charge in [-0.2, -0.15) is 0 Å². The number of benzene rings is 1. The minimum atomic E-state index is 0. The van der Waals surface area contributed by atoms with Crippen molar-refractivity contribution in [3.8, 4) is 5.75 Å². The van der Waals surface area contributed by atoms with Crippen LogP contribution in [-0.4, -0.2) is 25.2 Å². The summed E-state index contributed by atoms with van der Waals surface area (Å²) in [5, 5.41) is 3.17. The molecule has 1 atom stereocenters. The maximum absolute atomic E-state index is 5.87. The molecular formula is C15H22IN3O. The summed E-state index contributed by atoms with van der Waals surface area (Å²) in [6.45, 7) is 1.58. The van der Waals surface area contributed by atoms with Crippen LogP contribution in [0, 0.1) is 5.92 Å². The van der Waals surface area contributed by atoms with Crippen LogP contribution in [0.4, 0.5) is 0 Å². The predicted molar refractivity (Wildman–Crippen MR) is 91.8 cm³/mol. The Morgan fingerprint density at radius 1 is 1.35 bits per heavy atom. The fourth-order valence-electron chi connectivity index (χ4n) is 2.54. The van der Waals surface area contributed by atoms with Crippen molar-refractivity contribution in [2.45, 2.75) is 31.8 Å². The number of nitrogens with two attached hydrogens (primary N) is 1. The third-order valence-electron chi connectivity index (χ3n) is 3.97. The highest BCUT2D eigenvalue weighted by Crippen LogP contribution is 2.28. The molecule has 0 saturated heterocycles. The Bertz CT molecular complexity index is 449. The van der Waals surface area contributed by atoms with Crippen LogP contribution in [0.25, 0.3) is 0 Å². The van der Waals surface area contributed by atoms with Gasteiger partial charge in [0.05, 0.1) is 6.54 Å². The fraction of sp³-hybridized carbons (Fsp3) is 0.533. The van der Waals surface area contributed by atoms with Gasteiger partial charge >= 0.3 is 0 Å². The van der Waals surface area contributed by atoms with Crippen molar-refractivity contribution in [1.29, 1.82) is 0 Å². The zero-order valence-electron chi connectivity index (χ0n) is 11.5. The van der Waals surface area contributed by atoms with E-state index in [1.54, 1.807) is 0 Å². The molecule has 1 aliphatic carbocycles. The normalized spacial score (nSPS) is 21.4. The zero-order chi connectivity index (χ0) is 13.1. The van der Waals surface area contributed by atoms with Gasteiger partial charge in [-0.15, -0.1) is 24.0 Å². The number of rotatable bonds is 4. The summed E-state index contributed by atoms with van der Waals surface area (Å²) in [5.74, 6) is 2.30. The summed E-state index contributed by atoms with van der Waals surface area (Å²) in [5.41, 5.74) is 7.14. The first-order valence-corrected chi connectivity index (χ1v) is 7.09. The van der Waals surface area contributed by atoms with Gasteiger partial charge in [-0.05, 0) is 30.4 Å². The Labute approximate surface area is 137 Å². The van der Waals surface area contributed by atoms with Crippen molar-refractivity contribution in [3.63, 3.8) is 0 Å². The van der Waals surface area contributed by atoms with Crippen molar-refractivity contribution in [2.75, 3.05) is 13.1 Å². The van der Waals surface area contributed by atoms with Crippen LogP contribution in [0.2, 0.25) is 0 Å². The minimum absolute atomic E-state index is 0. The van der Waals surface area contributed by atoms with Crippen molar-refractivity contribution in [2.24, 2.45) is 16.6 Å². The molecule has 3 rings (SSSR count). The quantitative estimate of drug-likeness (QED) is 0.474. The molecule has 1 aromatic carbocycles. The molecule has 0 bridgehead atoms. The number of ether oxygens (including phenoxy) is 1. The molecule has 20 heavy (non-hydrogen) atoms. The summed E-state index contributed by atoms with van der Waals surface area (Å²) >= 11 is 0. The molecule has 0 amide bonds. The van der Waals surface area contributed by atoms with E-state index in [2.05, 4.69) is 16.4 Å². The number of halogens is 1. The number of nitrogens with one attached hydrogen (secondary N) is 1. The van der Waals surface area contributed by atoms with Crippen LogP contribution in [0.3, 0.4) is 0 Å². The van der Waals surface area contributed by atoms with Crippen LogP contribution < -0.4 is 15.8 Å². The molecule has 110 valence electrons. The first-order chi connectivity index (χ1) is 9.31. The smallest absolute Gasteiger partial charge is 0.188 e. The lowest BCUT2D eigenvalue weighted by Crippen LogP contribution is -2.39. The van der Waals surface area contributed by atoms with Gasteiger partial charge in [0.2, 0.25) is 0 Å². The summed E-state index contributed by atoms with van der Waals surface area (Å²) < 4.78 is 5.84. The van der Waals surface area contributed by atoms with Crippen LogP contribution in [0.15, 0.2) is 29.3 Å². The molecule has 1 saturated carbocycles. The van der Waals surface area contributed by atoms with Crippen molar-refractivity contribution >= 4 is 29.9 Å². The average Bonchev–Trinajstić information content (AvgIpc) is 2.77. The summed E-state index contributed by atoms with van der Waals surface area (Å²) in [6, 6.07) is 8.18. The fourth-order valence-corrected chi connectivity index (χ4v) is 2.54. The van der Waals surface area contributed by atoms with E-state index in [9.17, 15) is 0 Å². The van der Waals surface area contributed by atoms with Crippen molar-refractivity contribution < 1.29 is 4.74 Å². The van der Waals surface area contributed by atoms with Crippen LogP contribution in [-0.2, 0) is 6.42 Å². The van der Waals surface area contributed by atoms with Crippen molar-refractivity contribution in [3.05, 3.63) is 29.8 Å². The average molecular weight is 387 g/mol. The lowest BCUT2D eigenvalue weighted by atomic mass is 9.86. The highest BCUT2D eigenvalue weighted by Gasteiger charge is 2.22. The predicted octanol–water partition coefficient (Wildman–Crippen LogP) is 2.31. The van der Waals surface area contributed by atoms with Gasteiger partial charge in [-0.3, -0.25) is 4.99 Å². The van der Waals surface area contributed by atoms with E-state index in [0.29, 0.717) is 12.5 Å². The number of para-hydroxylation sites is 1. The van der Waals surface area contributed by atoms with E-state index in [-0.39, 0.29) is 30.1 Å². The molecule has 0 aromatic heterocycles. The molecule has 1 unspecified atom stereocenters. The van der Waals surface area contributed by atoms with Crippen LogP contribution >= 0.6 is 24.0 Å². The van der Waals surface area contributed by atoms with Gasteiger partial charge in [0.1, 0.15) is 11.9 Å². The van der Waals surface area contributed by atoms with E-state index in [4.69, 9.17) is 10.5 Å². The molecular weight excluding hydrogens is 365 g/mol. The summed E-state index contributed by atoms with van der Waals surface area (Å²) in [4.78, 5) is 4.38. The van der Waals surface area contributed by atoms with Gasteiger partial charge in [0, 0.05) is 13.0 Å². The lowest BCUT2D eigenvalue weighted by Gasteiger charge is -2.23. The molecule has 0 radical (unpaired) electrons. The van der Waals surface area contributed by atoms with E-state index in [1.165, 1.54) is 24.8 Å². The third kappa shape index (κ3) is 3.77. The molecule has 1 heterocycles. The number of hydrogen-bond acceptors (Lipinski definition) is 2. The minimum Gasteiger partial charge on any atom is -0.488 e. The standard InChI is InChI=1S/C15H21N3O.HI/c16-15(17-9-11-4-3-5-11)18-10-13-8-12-6-1-2-7-14(12)19-13;/h1-2,6-7,11,13H,3-5,8-10H2,(H3,16,17,18);1H. The Kier molecular flexibility index (Phi) is 5.51. The monoisotopic (exact) mass is 387 g/mol. The molecule has 5 heteroatoms.